The molecule has 2 aromatic rings. The van der Waals surface area contributed by atoms with Gasteiger partial charge in [-0.05, 0) is 30.3 Å². The summed E-state index contributed by atoms with van der Waals surface area (Å²) in [5, 5.41) is 0. The number of alkyl halides is 3. The fourth-order valence-electron chi connectivity index (χ4n) is 1.94. The molecule has 2 rings (SSSR count). The molecular formula is C15H14F3NO4S. The third kappa shape index (κ3) is 3.91. The van der Waals surface area contributed by atoms with Crippen molar-refractivity contribution in [3.05, 3.63) is 48.0 Å². The van der Waals surface area contributed by atoms with E-state index in [1.165, 1.54) is 26.4 Å². The van der Waals surface area contributed by atoms with Gasteiger partial charge in [-0.25, -0.2) is 8.42 Å². The lowest BCUT2D eigenvalue weighted by molar-refractivity contribution is -0.137. The average molecular weight is 361 g/mol. The molecule has 0 heterocycles. The van der Waals surface area contributed by atoms with Gasteiger partial charge in [0.1, 0.15) is 11.5 Å². The zero-order valence-corrected chi connectivity index (χ0v) is 13.5. The summed E-state index contributed by atoms with van der Waals surface area (Å²) in [6.07, 6.45) is -4.64. The van der Waals surface area contributed by atoms with Crippen LogP contribution >= 0.6 is 0 Å². The first kappa shape index (κ1) is 17.9. The SMILES string of the molecule is COc1ccc(OC)c(NS(=O)(=O)c2cccc(C(F)(F)F)c2)c1. The highest BCUT2D eigenvalue weighted by Gasteiger charge is 2.31. The molecule has 0 atom stereocenters. The number of halogens is 3. The summed E-state index contributed by atoms with van der Waals surface area (Å²) < 4.78 is 75.2. The molecule has 24 heavy (non-hydrogen) atoms. The van der Waals surface area contributed by atoms with Crippen LogP contribution in [0.5, 0.6) is 11.5 Å². The summed E-state index contributed by atoms with van der Waals surface area (Å²) in [7, 11) is -1.51. The zero-order chi connectivity index (χ0) is 18.0. The lowest BCUT2D eigenvalue weighted by Gasteiger charge is -2.14. The van der Waals surface area contributed by atoms with E-state index >= 15 is 0 Å². The molecule has 0 unspecified atom stereocenters. The molecule has 0 saturated carbocycles. The van der Waals surface area contributed by atoms with E-state index in [4.69, 9.17) is 9.47 Å². The highest BCUT2D eigenvalue weighted by molar-refractivity contribution is 7.92. The zero-order valence-electron chi connectivity index (χ0n) is 12.7. The molecule has 0 aliphatic carbocycles. The molecule has 0 aliphatic heterocycles. The van der Waals surface area contributed by atoms with Crippen LogP contribution in [0.25, 0.3) is 0 Å². The predicted molar refractivity (Wildman–Crippen MR) is 81.8 cm³/mol. The van der Waals surface area contributed by atoms with Crippen LogP contribution in [0.2, 0.25) is 0 Å². The fourth-order valence-corrected chi connectivity index (χ4v) is 3.04. The Morgan fingerprint density at radius 1 is 1.00 bits per heavy atom. The number of methoxy groups -OCH3 is 2. The van der Waals surface area contributed by atoms with E-state index in [9.17, 15) is 21.6 Å². The molecule has 130 valence electrons. The molecule has 5 nitrogen and oxygen atoms in total. The normalized spacial score (nSPS) is 11.9. The van der Waals surface area contributed by atoms with Gasteiger partial charge in [0.15, 0.2) is 0 Å². The van der Waals surface area contributed by atoms with Crippen LogP contribution in [0.4, 0.5) is 18.9 Å². The standard InChI is InChI=1S/C15H14F3NO4S/c1-22-11-6-7-14(23-2)13(9-11)19-24(20,21)12-5-3-4-10(8-12)15(16,17)18/h3-9,19H,1-2H3. The average Bonchev–Trinajstić information content (AvgIpc) is 2.53. The van der Waals surface area contributed by atoms with Gasteiger partial charge >= 0.3 is 6.18 Å². The van der Waals surface area contributed by atoms with Gasteiger partial charge in [-0.1, -0.05) is 6.07 Å². The molecule has 0 fully saturated rings. The fraction of sp³-hybridized carbons (Fsp3) is 0.200. The highest BCUT2D eigenvalue weighted by atomic mass is 32.2. The van der Waals surface area contributed by atoms with Crippen molar-refractivity contribution in [1.82, 2.24) is 0 Å². The second-order valence-electron chi connectivity index (χ2n) is 4.70. The van der Waals surface area contributed by atoms with Crippen LogP contribution in [0, 0.1) is 0 Å². The van der Waals surface area contributed by atoms with Gasteiger partial charge in [0.2, 0.25) is 0 Å². The van der Waals surface area contributed by atoms with Crippen molar-refractivity contribution < 1.29 is 31.1 Å². The Morgan fingerprint density at radius 2 is 1.71 bits per heavy atom. The van der Waals surface area contributed by atoms with Gasteiger partial charge in [0, 0.05) is 6.07 Å². The van der Waals surface area contributed by atoms with Crippen molar-refractivity contribution in [2.24, 2.45) is 0 Å². The molecule has 0 saturated heterocycles. The van der Waals surface area contributed by atoms with E-state index in [1.807, 2.05) is 0 Å². The molecule has 0 radical (unpaired) electrons. The third-order valence-electron chi connectivity index (χ3n) is 3.12. The molecule has 1 N–H and O–H groups in total. The summed E-state index contributed by atoms with van der Waals surface area (Å²) in [6, 6.07) is 7.86. The van der Waals surface area contributed by atoms with E-state index < -0.39 is 26.7 Å². The minimum atomic E-state index is -4.64. The first-order valence-electron chi connectivity index (χ1n) is 6.59. The minimum Gasteiger partial charge on any atom is -0.497 e. The topological polar surface area (TPSA) is 64.6 Å². The maximum Gasteiger partial charge on any atom is 0.416 e. The van der Waals surface area contributed by atoms with E-state index in [2.05, 4.69) is 4.72 Å². The van der Waals surface area contributed by atoms with Crippen LogP contribution in [0.1, 0.15) is 5.56 Å². The Morgan fingerprint density at radius 3 is 2.29 bits per heavy atom. The van der Waals surface area contributed by atoms with E-state index in [0.29, 0.717) is 11.8 Å². The number of anilines is 1. The van der Waals surface area contributed by atoms with Gasteiger partial charge < -0.3 is 9.47 Å². The number of hydrogen-bond donors (Lipinski definition) is 1. The Kier molecular flexibility index (Phi) is 4.93. The van der Waals surface area contributed by atoms with E-state index in [0.717, 1.165) is 18.2 Å². The van der Waals surface area contributed by atoms with Crippen LogP contribution in [-0.2, 0) is 16.2 Å². The van der Waals surface area contributed by atoms with Crippen LogP contribution in [0.15, 0.2) is 47.4 Å². The second kappa shape index (κ2) is 6.60. The van der Waals surface area contributed by atoms with Crippen LogP contribution in [-0.4, -0.2) is 22.6 Å². The molecule has 0 bridgehead atoms. The Hall–Kier alpha value is -2.42. The number of sulfonamides is 1. The quantitative estimate of drug-likeness (QED) is 0.885. The number of rotatable bonds is 5. The van der Waals surface area contributed by atoms with Gasteiger partial charge in [-0.15, -0.1) is 0 Å². The van der Waals surface area contributed by atoms with E-state index in [-0.39, 0.29) is 11.4 Å². The molecule has 0 aliphatic rings. The molecule has 0 amide bonds. The third-order valence-corrected chi connectivity index (χ3v) is 4.49. The number of nitrogens with one attached hydrogen (secondary N) is 1. The lowest BCUT2D eigenvalue weighted by Crippen LogP contribution is -2.15. The Bertz CT molecular complexity index is 835. The summed E-state index contributed by atoms with van der Waals surface area (Å²) in [4.78, 5) is -0.512. The minimum absolute atomic E-state index is 0.0502. The van der Waals surface area contributed by atoms with E-state index in [1.54, 1.807) is 6.07 Å². The molecule has 0 spiro atoms. The molecule has 9 heteroatoms. The summed E-state index contributed by atoms with van der Waals surface area (Å²) in [6.45, 7) is 0. The van der Waals surface area contributed by atoms with Gasteiger partial charge in [0.25, 0.3) is 10.0 Å². The van der Waals surface area contributed by atoms with Gasteiger partial charge in [-0.3, -0.25) is 4.72 Å². The largest absolute Gasteiger partial charge is 0.497 e. The van der Waals surface area contributed by atoms with Crippen molar-refractivity contribution in [2.75, 3.05) is 18.9 Å². The van der Waals surface area contributed by atoms with Crippen LogP contribution in [0.3, 0.4) is 0 Å². The Labute approximate surface area is 137 Å². The maximum absolute atomic E-state index is 12.7. The lowest BCUT2D eigenvalue weighted by atomic mass is 10.2. The first-order valence-corrected chi connectivity index (χ1v) is 8.08. The smallest absolute Gasteiger partial charge is 0.416 e. The summed E-state index contributed by atoms with van der Waals surface area (Å²) in [5.74, 6) is 0.559. The second-order valence-corrected chi connectivity index (χ2v) is 6.38. The number of hydrogen-bond acceptors (Lipinski definition) is 4. The van der Waals surface area contributed by atoms with Gasteiger partial charge in [-0.2, -0.15) is 13.2 Å². The van der Waals surface area contributed by atoms with Crippen molar-refractivity contribution in [1.29, 1.82) is 0 Å². The van der Waals surface area contributed by atoms with Gasteiger partial charge in [0.05, 0.1) is 30.4 Å². The van der Waals surface area contributed by atoms with Crippen LogP contribution < -0.4 is 14.2 Å². The maximum atomic E-state index is 12.7. The monoisotopic (exact) mass is 361 g/mol. The van der Waals surface area contributed by atoms with Crippen molar-refractivity contribution in [3.63, 3.8) is 0 Å². The summed E-state index contributed by atoms with van der Waals surface area (Å²) >= 11 is 0. The summed E-state index contributed by atoms with van der Waals surface area (Å²) in [5.41, 5.74) is -1.00. The number of benzene rings is 2. The molecule has 0 aromatic heterocycles. The Balaban J connectivity index is 2.42. The molecular weight excluding hydrogens is 347 g/mol. The van der Waals surface area contributed by atoms with Crippen molar-refractivity contribution >= 4 is 15.7 Å². The van der Waals surface area contributed by atoms with Crippen molar-refractivity contribution in [3.8, 4) is 11.5 Å². The van der Waals surface area contributed by atoms with Crippen molar-refractivity contribution in [2.45, 2.75) is 11.1 Å². The highest BCUT2D eigenvalue weighted by Crippen LogP contribution is 2.33. The number of ether oxygens (including phenoxy) is 2. The first-order chi connectivity index (χ1) is 11.2. The molecule has 2 aromatic carbocycles. The predicted octanol–water partition coefficient (Wildman–Crippen LogP) is 3.52.